The van der Waals surface area contributed by atoms with E-state index in [1.807, 2.05) is 60.7 Å². The number of sulfonamides is 1. The highest BCUT2D eigenvalue weighted by atomic mass is 35.5. The van der Waals surface area contributed by atoms with E-state index in [1.54, 1.807) is 27.2 Å². The summed E-state index contributed by atoms with van der Waals surface area (Å²) >= 11 is 6.44. The first-order valence-corrected chi connectivity index (χ1v) is 14.3. The Balaban J connectivity index is 1.23. The van der Waals surface area contributed by atoms with E-state index >= 15 is 0 Å². The van der Waals surface area contributed by atoms with Gasteiger partial charge in [0.15, 0.2) is 5.65 Å². The van der Waals surface area contributed by atoms with Crippen LogP contribution in [-0.2, 0) is 10.0 Å². The van der Waals surface area contributed by atoms with Crippen molar-refractivity contribution in [3.63, 3.8) is 0 Å². The fourth-order valence-corrected chi connectivity index (χ4v) is 6.87. The van der Waals surface area contributed by atoms with Gasteiger partial charge in [0, 0.05) is 42.5 Å². The normalized spacial score (nSPS) is 16.7. The van der Waals surface area contributed by atoms with Gasteiger partial charge in [0.1, 0.15) is 13.7 Å². The zero-order valence-corrected chi connectivity index (χ0v) is 22.2. The Labute approximate surface area is 227 Å². The van der Waals surface area contributed by atoms with Crippen molar-refractivity contribution in [2.24, 2.45) is 5.92 Å². The van der Waals surface area contributed by atoms with Crippen LogP contribution in [0.1, 0.15) is 12.8 Å². The lowest BCUT2D eigenvalue weighted by atomic mass is 9.99. The summed E-state index contributed by atoms with van der Waals surface area (Å²) in [5.74, 6) is 0.843. The van der Waals surface area contributed by atoms with E-state index in [9.17, 15) is 8.42 Å². The van der Waals surface area contributed by atoms with Gasteiger partial charge in [-0.1, -0.05) is 60.1 Å². The quantitative estimate of drug-likeness (QED) is 0.320. The van der Waals surface area contributed by atoms with Crippen LogP contribution in [0, 0.1) is 5.92 Å². The van der Waals surface area contributed by atoms with E-state index in [0.29, 0.717) is 46.4 Å². The number of piperidine rings is 1. The molecule has 1 saturated heterocycles. The molecule has 10 heteroatoms. The first-order chi connectivity index (χ1) is 18.4. The number of hydrogen-bond donors (Lipinski definition) is 1. The lowest BCUT2D eigenvalue weighted by Crippen LogP contribution is -2.41. The third-order valence-electron chi connectivity index (χ3n) is 7.06. The van der Waals surface area contributed by atoms with Gasteiger partial charge in [-0.05, 0) is 53.2 Å². The second-order valence-corrected chi connectivity index (χ2v) is 11.9. The molecule has 5 aromatic rings. The summed E-state index contributed by atoms with van der Waals surface area (Å²) < 4.78 is 30.3. The molecule has 0 spiro atoms. The molecule has 1 aliphatic heterocycles. The summed E-state index contributed by atoms with van der Waals surface area (Å²) in [4.78, 5) is 5.01. The number of rotatable bonds is 6. The molecule has 2 radical (unpaired) electrons. The first kappa shape index (κ1) is 24.9. The van der Waals surface area contributed by atoms with Crippen LogP contribution in [-0.4, -0.2) is 54.8 Å². The molecule has 0 bridgehead atoms. The predicted molar refractivity (Wildman–Crippen MR) is 153 cm³/mol. The fraction of sp³-hybridized carbons (Fsp3) is 0.214. The number of benzene rings is 3. The van der Waals surface area contributed by atoms with Crippen molar-refractivity contribution in [1.82, 2.24) is 18.9 Å². The van der Waals surface area contributed by atoms with Crippen LogP contribution < -0.4 is 10.8 Å². The van der Waals surface area contributed by atoms with Gasteiger partial charge >= 0.3 is 0 Å². The third-order valence-corrected chi connectivity index (χ3v) is 9.25. The molecule has 2 aromatic heterocycles. The van der Waals surface area contributed by atoms with Crippen molar-refractivity contribution < 1.29 is 8.42 Å². The lowest BCUT2D eigenvalue weighted by Gasteiger charge is -2.32. The molecule has 38 heavy (non-hydrogen) atoms. The number of fused-ring (bicyclic) bond motifs is 2. The molecule has 3 heterocycles. The van der Waals surface area contributed by atoms with Gasteiger partial charge in [-0.3, -0.25) is 0 Å². The number of halogens is 1. The van der Waals surface area contributed by atoms with Crippen LogP contribution in [0.15, 0.2) is 83.9 Å². The first-order valence-electron chi connectivity index (χ1n) is 12.5. The van der Waals surface area contributed by atoms with Crippen LogP contribution in [0.5, 0.6) is 0 Å². The number of nitrogens with one attached hydrogen (secondary N) is 1. The molecule has 1 N–H and O–H groups in total. The van der Waals surface area contributed by atoms with Crippen molar-refractivity contribution in [2.45, 2.75) is 17.7 Å². The Morgan fingerprint density at radius 1 is 1.03 bits per heavy atom. The molecule has 1 aliphatic rings. The molecular weight excluding hydrogens is 517 g/mol. The molecule has 3 aromatic carbocycles. The molecule has 0 amide bonds. The summed E-state index contributed by atoms with van der Waals surface area (Å²) in [7, 11) is 2.54. The minimum Gasteiger partial charge on any atom is -0.370 e. The predicted octanol–water partition coefficient (Wildman–Crippen LogP) is 4.51. The number of nitrogens with zero attached hydrogens (tertiary/aromatic N) is 4. The van der Waals surface area contributed by atoms with Gasteiger partial charge in [0.25, 0.3) is 0 Å². The number of aromatic nitrogens is 3. The summed E-state index contributed by atoms with van der Waals surface area (Å²) in [6, 6.07) is 22.5. The molecular formula is C28H25BClN5O2S. The molecule has 0 saturated carbocycles. The Bertz CT molecular complexity index is 1760. The zero-order valence-electron chi connectivity index (χ0n) is 20.6. The van der Waals surface area contributed by atoms with Crippen LogP contribution >= 0.6 is 11.6 Å². The van der Waals surface area contributed by atoms with Crippen LogP contribution in [0.2, 0.25) is 5.02 Å². The van der Waals surface area contributed by atoms with Gasteiger partial charge in [-0.25, -0.2) is 13.4 Å². The Morgan fingerprint density at radius 3 is 2.66 bits per heavy atom. The maximum absolute atomic E-state index is 13.5. The average Bonchev–Trinajstić information content (AvgIpc) is 3.32. The molecule has 1 fully saturated rings. The van der Waals surface area contributed by atoms with E-state index in [2.05, 4.69) is 15.4 Å². The van der Waals surface area contributed by atoms with E-state index in [-0.39, 0.29) is 5.92 Å². The second kappa shape index (κ2) is 10.1. The zero-order chi connectivity index (χ0) is 26.3. The van der Waals surface area contributed by atoms with E-state index < -0.39 is 10.0 Å². The van der Waals surface area contributed by atoms with Crippen molar-refractivity contribution >= 4 is 57.2 Å². The van der Waals surface area contributed by atoms with Crippen LogP contribution in [0.3, 0.4) is 0 Å². The maximum atomic E-state index is 13.5. The van der Waals surface area contributed by atoms with Gasteiger partial charge in [0.05, 0.1) is 10.6 Å². The largest absolute Gasteiger partial charge is 0.370 e. The fourth-order valence-electron chi connectivity index (χ4n) is 5.05. The number of hydrogen-bond acceptors (Lipinski definition) is 5. The van der Waals surface area contributed by atoms with Crippen molar-refractivity contribution in [3.8, 4) is 11.3 Å². The van der Waals surface area contributed by atoms with E-state index in [4.69, 9.17) is 19.4 Å². The summed E-state index contributed by atoms with van der Waals surface area (Å²) in [5.41, 5.74) is 2.48. The van der Waals surface area contributed by atoms with Crippen molar-refractivity contribution in [1.29, 1.82) is 0 Å². The molecule has 1 atom stereocenters. The molecule has 1 unspecified atom stereocenters. The molecule has 6 rings (SSSR count). The Morgan fingerprint density at radius 2 is 1.82 bits per heavy atom. The van der Waals surface area contributed by atoms with Gasteiger partial charge < -0.3 is 5.32 Å². The van der Waals surface area contributed by atoms with Crippen molar-refractivity contribution in [3.05, 3.63) is 84.0 Å². The second-order valence-electron chi connectivity index (χ2n) is 9.60. The highest BCUT2D eigenvalue weighted by molar-refractivity contribution is 7.89. The third kappa shape index (κ3) is 4.66. The SMILES string of the molecule is [B]c1cnn2c(NCC3CCCN(S(=O)(=O)c4ccc5ccccc5c4)C3)cc(-c3ccccc3Cl)nc12. The molecule has 190 valence electrons. The maximum Gasteiger partial charge on any atom is 0.243 e. The topological polar surface area (TPSA) is 79.6 Å². The van der Waals surface area contributed by atoms with E-state index in [1.165, 1.54) is 0 Å². The van der Waals surface area contributed by atoms with Gasteiger partial charge in [-0.15, -0.1) is 0 Å². The average molecular weight is 542 g/mol. The number of anilines is 1. The summed E-state index contributed by atoms with van der Waals surface area (Å²) in [6.45, 7) is 1.52. The van der Waals surface area contributed by atoms with Gasteiger partial charge in [0.2, 0.25) is 10.0 Å². The minimum absolute atomic E-state index is 0.124. The Hall–Kier alpha value is -3.40. The van der Waals surface area contributed by atoms with Gasteiger partial charge in [-0.2, -0.15) is 13.9 Å². The van der Waals surface area contributed by atoms with Crippen LogP contribution in [0.4, 0.5) is 5.82 Å². The summed E-state index contributed by atoms with van der Waals surface area (Å²) in [5, 5.41) is 10.4. The highest BCUT2D eigenvalue weighted by Crippen LogP contribution is 2.29. The minimum atomic E-state index is -3.60. The standard InChI is InChI=1S/C28H25BClN5O2S/c29-24-17-32-35-27(15-26(33-28(24)35)23-9-3-4-10-25(23)30)31-16-19-6-5-13-34(18-19)38(36,37)22-12-11-20-7-1-2-8-21(20)14-22/h1-4,7-12,14-15,17,19,31H,5-6,13,16,18H2. The molecule has 0 aliphatic carbocycles. The van der Waals surface area contributed by atoms with Crippen molar-refractivity contribution in [2.75, 3.05) is 25.0 Å². The smallest absolute Gasteiger partial charge is 0.243 e. The van der Waals surface area contributed by atoms with Crippen LogP contribution in [0.25, 0.3) is 27.7 Å². The monoisotopic (exact) mass is 541 g/mol. The summed E-state index contributed by atoms with van der Waals surface area (Å²) in [6.07, 6.45) is 3.29. The Kier molecular flexibility index (Phi) is 6.59. The molecule has 7 nitrogen and oxygen atoms in total. The highest BCUT2D eigenvalue weighted by Gasteiger charge is 2.30. The van der Waals surface area contributed by atoms with E-state index in [0.717, 1.165) is 35.0 Å². The lowest BCUT2D eigenvalue weighted by molar-refractivity contribution is 0.275.